The molecule has 0 spiro atoms. The van der Waals surface area contributed by atoms with Crippen molar-refractivity contribution in [2.45, 2.75) is 62.9 Å². The second kappa shape index (κ2) is 11.5. The smallest absolute Gasteiger partial charge is 0.323 e. The maximum Gasteiger partial charge on any atom is 0.323 e. The summed E-state index contributed by atoms with van der Waals surface area (Å²) in [7, 11) is 3.23. The fourth-order valence-corrected chi connectivity index (χ4v) is 5.81. The summed E-state index contributed by atoms with van der Waals surface area (Å²) in [6.45, 7) is 1.92. The van der Waals surface area contributed by atoms with E-state index >= 15 is 4.39 Å². The number of ether oxygens (including phenoxy) is 1. The van der Waals surface area contributed by atoms with Crippen LogP contribution in [0.3, 0.4) is 0 Å². The number of carbonyl (C=O) groups is 2. The predicted octanol–water partition coefficient (Wildman–Crippen LogP) is 6.53. The molecule has 2 atom stereocenters. The van der Waals surface area contributed by atoms with Crippen molar-refractivity contribution < 1.29 is 18.7 Å². The third kappa shape index (κ3) is 5.09. The summed E-state index contributed by atoms with van der Waals surface area (Å²) in [5.41, 5.74) is 1.27. The zero-order valence-electron chi connectivity index (χ0n) is 19.7. The first-order valence-corrected chi connectivity index (χ1v) is 12.3. The number of nitrogens with zero attached hydrogens (tertiary/aromatic N) is 1. The normalized spacial score (nSPS) is 17.1. The Bertz CT molecular complexity index is 1030. The van der Waals surface area contributed by atoms with Gasteiger partial charge in [-0.3, -0.25) is 14.5 Å². The van der Waals surface area contributed by atoms with E-state index in [-0.39, 0.29) is 5.02 Å². The van der Waals surface area contributed by atoms with Crippen LogP contribution >= 0.6 is 23.2 Å². The largest absolute Gasteiger partial charge is 0.468 e. The Labute approximate surface area is 210 Å². The molecule has 34 heavy (non-hydrogen) atoms. The van der Waals surface area contributed by atoms with Crippen molar-refractivity contribution in [3.05, 3.63) is 63.4 Å². The van der Waals surface area contributed by atoms with Crippen molar-refractivity contribution in [2.75, 3.05) is 19.5 Å². The van der Waals surface area contributed by atoms with E-state index in [9.17, 15) is 9.59 Å². The zero-order chi connectivity index (χ0) is 24.9. The van der Waals surface area contributed by atoms with Gasteiger partial charge in [0, 0.05) is 22.2 Å². The SMILES string of the molecule is CC[C@@H](c1cccc(Cl)c1F)[C@H](C(=O)OC)N(C)C1(c2ccc(Cl)cc2NC=O)CCCCC1. The van der Waals surface area contributed by atoms with Gasteiger partial charge in [-0.1, -0.05) is 67.6 Å². The van der Waals surface area contributed by atoms with E-state index in [0.717, 1.165) is 37.7 Å². The minimum absolute atomic E-state index is 0.0183. The van der Waals surface area contributed by atoms with Crippen molar-refractivity contribution in [1.82, 2.24) is 4.90 Å². The summed E-state index contributed by atoms with van der Waals surface area (Å²) >= 11 is 12.3. The highest BCUT2D eigenvalue weighted by Gasteiger charge is 2.47. The molecule has 0 bridgehead atoms. The zero-order valence-corrected chi connectivity index (χ0v) is 21.3. The van der Waals surface area contributed by atoms with Crippen LogP contribution in [0.2, 0.25) is 10.0 Å². The Hall–Kier alpha value is -2.15. The summed E-state index contributed by atoms with van der Waals surface area (Å²) in [5.74, 6) is -1.46. The van der Waals surface area contributed by atoms with Crippen molar-refractivity contribution in [3.63, 3.8) is 0 Å². The Morgan fingerprint density at radius 1 is 1.24 bits per heavy atom. The average molecular weight is 509 g/mol. The highest BCUT2D eigenvalue weighted by molar-refractivity contribution is 6.31. The Morgan fingerprint density at radius 2 is 1.94 bits per heavy atom. The fourth-order valence-electron chi connectivity index (χ4n) is 5.45. The first kappa shape index (κ1) is 26.5. The molecular formula is C26H31Cl2FN2O3. The van der Waals surface area contributed by atoms with E-state index in [1.54, 1.807) is 24.3 Å². The van der Waals surface area contributed by atoms with Crippen molar-refractivity contribution in [2.24, 2.45) is 0 Å². The van der Waals surface area contributed by atoms with Crippen LogP contribution < -0.4 is 5.32 Å². The Morgan fingerprint density at radius 3 is 2.56 bits per heavy atom. The van der Waals surface area contributed by atoms with Crippen LogP contribution in [0.25, 0.3) is 0 Å². The topological polar surface area (TPSA) is 58.6 Å². The van der Waals surface area contributed by atoms with E-state index in [4.69, 9.17) is 27.9 Å². The van der Waals surface area contributed by atoms with E-state index < -0.39 is 29.3 Å². The number of rotatable bonds is 9. The lowest BCUT2D eigenvalue weighted by Crippen LogP contribution is -2.55. The van der Waals surface area contributed by atoms with E-state index in [1.165, 1.54) is 13.2 Å². The summed E-state index contributed by atoms with van der Waals surface area (Å²) in [4.78, 5) is 26.7. The Kier molecular flexibility index (Phi) is 8.96. The number of halogens is 3. The lowest BCUT2D eigenvalue weighted by molar-refractivity contribution is -0.151. The van der Waals surface area contributed by atoms with Gasteiger partial charge in [0.1, 0.15) is 11.9 Å². The van der Waals surface area contributed by atoms with E-state index in [0.29, 0.717) is 29.1 Å². The van der Waals surface area contributed by atoms with Gasteiger partial charge in [0.05, 0.1) is 12.1 Å². The molecule has 1 aliphatic rings. The lowest BCUT2D eigenvalue weighted by Gasteiger charge is -2.50. The molecular weight excluding hydrogens is 478 g/mol. The quantitative estimate of drug-likeness (QED) is 0.309. The number of carbonyl (C=O) groups excluding carboxylic acids is 2. The number of anilines is 1. The van der Waals surface area contributed by atoms with Gasteiger partial charge in [-0.25, -0.2) is 4.39 Å². The molecule has 0 radical (unpaired) electrons. The van der Waals surface area contributed by atoms with Crippen LogP contribution in [0, 0.1) is 5.82 Å². The molecule has 0 saturated heterocycles. The minimum atomic E-state index is -0.777. The molecule has 2 aromatic rings. The molecule has 1 saturated carbocycles. The highest BCUT2D eigenvalue weighted by atomic mass is 35.5. The summed E-state index contributed by atoms with van der Waals surface area (Å²) in [6.07, 6.45) is 5.62. The van der Waals surface area contributed by atoms with Gasteiger partial charge in [-0.15, -0.1) is 0 Å². The van der Waals surface area contributed by atoms with E-state index in [2.05, 4.69) is 5.32 Å². The summed E-state index contributed by atoms with van der Waals surface area (Å²) in [5, 5.41) is 3.30. The number of benzene rings is 2. The van der Waals surface area contributed by atoms with Crippen molar-refractivity contribution in [1.29, 1.82) is 0 Å². The van der Waals surface area contributed by atoms with Crippen LogP contribution in [0.15, 0.2) is 36.4 Å². The summed E-state index contributed by atoms with van der Waals surface area (Å²) < 4.78 is 20.4. The molecule has 2 aromatic carbocycles. The van der Waals surface area contributed by atoms with Gasteiger partial charge in [0.15, 0.2) is 0 Å². The van der Waals surface area contributed by atoms with Gasteiger partial charge in [-0.05, 0) is 55.6 Å². The lowest BCUT2D eigenvalue weighted by atomic mass is 9.72. The van der Waals surface area contributed by atoms with Crippen LogP contribution in [0.4, 0.5) is 10.1 Å². The second-order valence-electron chi connectivity index (χ2n) is 8.78. The van der Waals surface area contributed by atoms with Crippen molar-refractivity contribution in [3.8, 4) is 0 Å². The monoisotopic (exact) mass is 508 g/mol. The average Bonchev–Trinajstić information content (AvgIpc) is 2.84. The molecule has 8 heteroatoms. The standard InChI is InChI=1S/C26H31Cl2FN2O3/c1-4-18(19-9-8-10-21(28)23(19)29)24(25(33)34-3)31(2)26(13-6-5-7-14-26)20-12-11-17(27)15-22(20)30-16-32/h8-12,15-16,18,24H,4-7,13-14H2,1-3H3,(H,30,32)/t18-,24+/m0/s1. The second-order valence-corrected chi connectivity index (χ2v) is 9.62. The molecule has 1 N–H and O–H groups in total. The fraction of sp³-hybridized carbons (Fsp3) is 0.462. The maximum atomic E-state index is 15.1. The van der Waals surface area contributed by atoms with Crippen LogP contribution in [0.5, 0.6) is 0 Å². The molecule has 0 aromatic heterocycles. The molecule has 0 unspecified atom stereocenters. The molecule has 5 nitrogen and oxygen atoms in total. The number of amides is 1. The van der Waals surface area contributed by atoms with E-state index in [1.807, 2.05) is 24.9 Å². The molecule has 1 amide bonds. The number of methoxy groups -OCH3 is 1. The van der Waals surface area contributed by atoms with Crippen LogP contribution in [-0.2, 0) is 19.9 Å². The minimum Gasteiger partial charge on any atom is -0.468 e. The highest BCUT2D eigenvalue weighted by Crippen LogP contribution is 2.48. The predicted molar refractivity (Wildman–Crippen MR) is 134 cm³/mol. The third-order valence-electron chi connectivity index (χ3n) is 7.12. The first-order valence-electron chi connectivity index (χ1n) is 11.6. The number of likely N-dealkylation sites (N-methyl/N-ethyl adjacent to an activating group) is 1. The molecule has 3 rings (SSSR count). The number of nitrogens with one attached hydrogen (secondary N) is 1. The van der Waals surface area contributed by atoms with Gasteiger partial charge in [0.2, 0.25) is 6.41 Å². The Balaban J connectivity index is 2.19. The molecule has 0 aliphatic heterocycles. The van der Waals surface area contributed by atoms with Gasteiger partial charge in [-0.2, -0.15) is 0 Å². The maximum absolute atomic E-state index is 15.1. The van der Waals surface area contributed by atoms with Crippen LogP contribution in [0.1, 0.15) is 62.5 Å². The number of esters is 1. The van der Waals surface area contributed by atoms with Gasteiger partial charge >= 0.3 is 5.97 Å². The van der Waals surface area contributed by atoms with Gasteiger partial charge < -0.3 is 10.1 Å². The first-order chi connectivity index (χ1) is 16.3. The molecule has 1 fully saturated rings. The molecule has 1 aliphatic carbocycles. The third-order valence-corrected chi connectivity index (χ3v) is 7.64. The molecule has 0 heterocycles. The summed E-state index contributed by atoms with van der Waals surface area (Å²) in [6, 6.07) is 9.51. The van der Waals surface area contributed by atoms with Crippen LogP contribution in [-0.4, -0.2) is 37.5 Å². The van der Waals surface area contributed by atoms with Crippen molar-refractivity contribution >= 4 is 41.3 Å². The molecule has 184 valence electrons. The number of hydrogen-bond donors (Lipinski definition) is 1. The number of hydrogen-bond acceptors (Lipinski definition) is 4. The van der Waals surface area contributed by atoms with Gasteiger partial charge in [0.25, 0.3) is 0 Å².